The number of aryl methyl sites for hydroxylation is 1. The SMILES string of the molecule is Cc1cnc(-n2ncc(C(=O)N3CCCCC3C)c2-c2ccco2)nc1-c1ccc(F)cc1. The molecule has 168 valence electrons. The molecular weight excluding hydrogens is 421 g/mol. The molecular formula is C25H24FN5O2. The van der Waals surface area contributed by atoms with Crippen LogP contribution in [0.15, 0.2) is 59.5 Å². The van der Waals surface area contributed by atoms with Crippen LogP contribution in [0.2, 0.25) is 0 Å². The summed E-state index contributed by atoms with van der Waals surface area (Å²) in [5.74, 6) is 0.420. The first-order valence-corrected chi connectivity index (χ1v) is 11.1. The number of carbonyl (C=O) groups excluding carboxylic acids is 1. The molecule has 33 heavy (non-hydrogen) atoms. The number of furan rings is 1. The lowest BCUT2D eigenvalue weighted by molar-refractivity contribution is 0.0636. The van der Waals surface area contributed by atoms with E-state index in [-0.39, 0.29) is 17.8 Å². The summed E-state index contributed by atoms with van der Waals surface area (Å²) in [7, 11) is 0. The van der Waals surface area contributed by atoms with Gasteiger partial charge in [0.1, 0.15) is 11.5 Å². The first kappa shape index (κ1) is 21.1. The summed E-state index contributed by atoms with van der Waals surface area (Å²) in [6, 6.07) is 9.88. The lowest BCUT2D eigenvalue weighted by atomic mass is 10.0. The average molecular weight is 445 g/mol. The van der Waals surface area contributed by atoms with Gasteiger partial charge < -0.3 is 9.32 Å². The highest BCUT2D eigenvalue weighted by Crippen LogP contribution is 2.30. The molecule has 0 saturated carbocycles. The number of hydrogen-bond donors (Lipinski definition) is 0. The highest BCUT2D eigenvalue weighted by Gasteiger charge is 2.30. The molecule has 3 aromatic heterocycles. The minimum Gasteiger partial charge on any atom is -0.463 e. The van der Waals surface area contributed by atoms with Crippen LogP contribution < -0.4 is 0 Å². The number of rotatable bonds is 4. The summed E-state index contributed by atoms with van der Waals surface area (Å²) in [6.07, 6.45) is 7.91. The van der Waals surface area contributed by atoms with Crippen LogP contribution in [0.3, 0.4) is 0 Å². The Hall–Kier alpha value is -3.81. The third kappa shape index (κ3) is 3.92. The van der Waals surface area contributed by atoms with Gasteiger partial charge in [-0.05, 0) is 75.1 Å². The van der Waals surface area contributed by atoms with Gasteiger partial charge in [-0.25, -0.2) is 14.4 Å². The number of aromatic nitrogens is 4. The maximum atomic E-state index is 13.5. The van der Waals surface area contributed by atoms with Gasteiger partial charge >= 0.3 is 0 Å². The van der Waals surface area contributed by atoms with Gasteiger partial charge in [-0.15, -0.1) is 0 Å². The zero-order chi connectivity index (χ0) is 22.9. The summed E-state index contributed by atoms with van der Waals surface area (Å²) in [4.78, 5) is 24.6. The topological polar surface area (TPSA) is 77.0 Å². The van der Waals surface area contributed by atoms with Gasteiger partial charge in [-0.2, -0.15) is 9.78 Å². The zero-order valence-electron chi connectivity index (χ0n) is 18.5. The largest absolute Gasteiger partial charge is 0.463 e. The zero-order valence-corrected chi connectivity index (χ0v) is 18.5. The van der Waals surface area contributed by atoms with E-state index in [0.717, 1.165) is 36.9 Å². The van der Waals surface area contributed by atoms with E-state index in [1.807, 2.05) is 11.8 Å². The van der Waals surface area contributed by atoms with Crippen molar-refractivity contribution in [3.8, 4) is 28.7 Å². The second-order valence-electron chi connectivity index (χ2n) is 8.35. The number of piperidine rings is 1. The number of amides is 1. The molecule has 4 heterocycles. The summed E-state index contributed by atoms with van der Waals surface area (Å²) < 4.78 is 20.6. The van der Waals surface area contributed by atoms with Crippen LogP contribution in [-0.2, 0) is 0 Å². The summed E-state index contributed by atoms with van der Waals surface area (Å²) >= 11 is 0. The van der Waals surface area contributed by atoms with Gasteiger partial charge in [-0.1, -0.05) is 0 Å². The molecule has 1 saturated heterocycles. The Kier molecular flexibility index (Phi) is 5.50. The third-order valence-electron chi connectivity index (χ3n) is 6.08. The molecule has 1 amide bonds. The Morgan fingerprint density at radius 1 is 1.15 bits per heavy atom. The molecule has 0 bridgehead atoms. The molecule has 1 fully saturated rings. The second-order valence-corrected chi connectivity index (χ2v) is 8.35. The fraction of sp³-hybridized carbons (Fsp3) is 0.280. The summed E-state index contributed by atoms with van der Waals surface area (Å²) in [5, 5.41) is 4.49. The van der Waals surface area contributed by atoms with E-state index >= 15 is 0 Å². The molecule has 1 atom stereocenters. The number of nitrogens with zero attached hydrogens (tertiary/aromatic N) is 5. The van der Waals surface area contributed by atoms with Crippen molar-refractivity contribution in [2.24, 2.45) is 0 Å². The Labute approximate surface area is 190 Å². The Morgan fingerprint density at radius 3 is 2.70 bits per heavy atom. The van der Waals surface area contributed by atoms with E-state index in [1.54, 1.807) is 42.9 Å². The smallest absolute Gasteiger partial charge is 0.258 e. The molecule has 1 aliphatic heterocycles. The lowest BCUT2D eigenvalue weighted by Gasteiger charge is -2.33. The van der Waals surface area contributed by atoms with Crippen molar-refractivity contribution in [3.05, 3.63) is 72.0 Å². The number of likely N-dealkylation sites (tertiary alicyclic amines) is 1. The number of carbonyl (C=O) groups is 1. The predicted molar refractivity (Wildman–Crippen MR) is 121 cm³/mol. The molecule has 7 nitrogen and oxygen atoms in total. The van der Waals surface area contributed by atoms with Gasteiger partial charge in [0.2, 0.25) is 0 Å². The Balaban J connectivity index is 1.61. The number of benzene rings is 1. The standard InChI is InChI=1S/C25H24FN5O2/c1-16-14-27-25(29-22(16)18-8-10-19(26)11-9-18)31-23(21-7-5-13-33-21)20(15-28-31)24(32)30-12-4-3-6-17(30)2/h5,7-11,13-15,17H,3-4,6,12H2,1-2H3. The molecule has 0 N–H and O–H groups in total. The second kappa shape index (κ2) is 8.61. The van der Waals surface area contributed by atoms with Gasteiger partial charge in [-0.3, -0.25) is 4.79 Å². The van der Waals surface area contributed by atoms with Crippen molar-refractivity contribution >= 4 is 5.91 Å². The third-order valence-corrected chi connectivity index (χ3v) is 6.08. The molecule has 8 heteroatoms. The van der Waals surface area contributed by atoms with Gasteiger partial charge in [0.15, 0.2) is 5.76 Å². The van der Waals surface area contributed by atoms with Crippen molar-refractivity contribution in [1.82, 2.24) is 24.6 Å². The van der Waals surface area contributed by atoms with Crippen molar-refractivity contribution < 1.29 is 13.6 Å². The van der Waals surface area contributed by atoms with E-state index in [9.17, 15) is 9.18 Å². The molecule has 0 spiro atoms. The predicted octanol–water partition coefficient (Wildman–Crippen LogP) is 5.05. The number of halogens is 1. The van der Waals surface area contributed by atoms with E-state index in [1.165, 1.54) is 16.8 Å². The van der Waals surface area contributed by atoms with Crippen molar-refractivity contribution in [3.63, 3.8) is 0 Å². The minimum absolute atomic E-state index is 0.0780. The van der Waals surface area contributed by atoms with Crippen LogP contribution in [0.1, 0.15) is 42.1 Å². The van der Waals surface area contributed by atoms with Crippen LogP contribution in [0.4, 0.5) is 4.39 Å². The normalized spacial score (nSPS) is 16.2. The number of hydrogen-bond acceptors (Lipinski definition) is 5. The monoisotopic (exact) mass is 445 g/mol. The van der Waals surface area contributed by atoms with Crippen molar-refractivity contribution in [1.29, 1.82) is 0 Å². The van der Waals surface area contributed by atoms with E-state index in [0.29, 0.717) is 28.7 Å². The minimum atomic E-state index is -0.312. The Bertz CT molecular complexity index is 1280. The van der Waals surface area contributed by atoms with Gasteiger partial charge in [0.25, 0.3) is 11.9 Å². The molecule has 1 aromatic carbocycles. The molecule has 1 unspecified atom stereocenters. The van der Waals surface area contributed by atoms with Crippen LogP contribution in [0.5, 0.6) is 0 Å². The first-order chi connectivity index (χ1) is 16.0. The summed E-state index contributed by atoms with van der Waals surface area (Å²) in [6.45, 7) is 4.69. The first-order valence-electron chi connectivity index (χ1n) is 11.1. The van der Waals surface area contributed by atoms with E-state index < -0.39 is 0 Å². The molecule has 4 aromatic rings. The molecule has 0 aliphatic carbocycles. The van der Waals surface area contributed by atoms with Crippen LogP contribution in [0.25, 0.3) is 28.7 Å². The van der Waals surface area contributed by atoms with E-state index in [4.69, 9.17) is 9.40 Å². The maximum absolute atomic E-state index is 13.5. The average Bonchev–Trinajstić information content (AvgIpc) is 3.50. The van der Waals surface area contributed by atoms with Gasteiger partial charge in [0, 0.05) is 24.3 Å². The van der Waals surface area contributed by atoms with Crippen LogP contribution >= 0.6 is 0 Å². The fourth-order valence-corrected chi connectivity index (χ4v) is 4.30. The molecule has 0 radical (unpaired) electrons. The lowest BCUT2D eigenvalue weighted by Crippen LogP contribution is -2.42. The van der Waals surface area contributed by atoms with Gasteiger partial charge in [0.05, 0.1) is 23.7 Å². The van der Waals surface area contributed by atoms with Crippen LogP contribution in [0, 0.1) is 12.7 Å². The summed E-state index contributed by atoms with van der Waals surface area (Å²) in [5.41, 5.74) is 3.24. The van der Waals surface area contributed by atoms with Crippen molar-refractivity contribution in [2.75, 3.05) is 6.54 Å². The maximum Gasteiger partial charge on any atom is 0.258 e. The highest BCUT2D eigenvalue weighted by atomic mass is 19.1. The Morgan fingerprint density at radius 2 is 1.97 bits per heavy atom. The van der Waals surface area contributed by atoms with E-state index in [2.05, 4.69) is 17.0 Å². The highest BCUT2D eigenvalue weighted by molar-refractivity contribution is 5.99. The molecule has 1 aliphatic rings. The quantitative estimate of drug-likeness (QED) is 0.439. The van der Waals surface area contributed by atoms with Crippen LogP contribution in [-0.4, -0.2) is 43.1 Å². The fourth-order valence-electron chi connectivity index (χ4n) is 4.30. The van der Waals surface area contributed by atoms with Crippen molar-refractivity contribution in [2.45, 2.75) is 39.2 Å². The molecule has 5 rings (SSSR count).